The minimum Gasteiger partial charge on any atom is -0.545 e. The van der Waals surface area contributed by atoms with E-state index in [0.717, 1.165) is 0 Å². The molecule has 0 radical (unpaired) electrons. The van der Waals surface area contributed by atoms with Crippen molar-refractivity contribution < 1.29 is 20.4 Å². The van der Waals surface area contributed by atoms with Crippen LogP contribution in [0.1, 0.15) is 0 Å². The topological polar surface area (TPSA) is 34.0 Å². The van der Waals surface area contributed by atoms with Crippen LogP contribution >= 0.6 is 0 Å². The van der Waals surface area contributed by atoms with Gasteiger partial charge in [-0.25, -0.2) is 0 Å². The van der Waals surface area contributed by atoms with Crippen LogP contribution in [-0.2, 0) is 20.4 Å². The fourth-order valence-electron chi connectivity index (χ4n) is 0.251. The largest absolute Gasteiger partial charge is 2.00 e. The average molecular weight is 231 g/mol. The molecule has 0 saturated heterocycles. The van der Waals surface area contributed by atoms with Gasteiger partial charge in [-0.05, 0) is 0 Å². The van der Waals surface area contributed by atoms with E-state index in [9.17, 15) is 0 Å². The Labute approximate surface area is 90.9 Å². The van der Waals surface area contributed by atoms with Gasteiger partial charge in [0.1, 0.15) is 0 Å². The van der Waals surface area contributed by atoms with Crippen molar-refractivity contribution in [3.8, 4) is 0 Å². The number of hydrogen-bond acceptors (Lipinski definition) is 3. The quantitative estimate of drug-likeness (QED) is 0.315. The molecule has 0 fully saturated rings. The van der Waals surface area contributed by atoms with E-state index >= 15 is 0 Å². The van der Waals surface area contributed by atoms with Crippen molar-refractivity contribution in [1.29, 1.82) is 0 Å². The van der Waals surface area contributed by atoms with Gasteiger partial charge in [-0.15, -0.1) is 5.16 Å². The molecule has 0 saturated carbocycles. The van der Waals surface area contributed by atoms with Crippen molar-refractivity contribution >= 4 is 26.9 Å². The van der Waals surface area contributed by atoms with E-state index in [0.29, 0.717) is 0 Å². The third-order valence-corrected chi connectivity index (χ3v) is 1.09. The fourth-order valence-corrected chi connectivity index (χ4v) is 0.564. The fraction of sp³-hybridized carbons (Fsp3) is 0.429. The second-order valence-corrected chi connectivity index (χ2v) is 4.12. The first kappa shape index (κ1) is 22.7. The van der Waals surface area contributed by atoms with Crippen molar-refractivity contribution in [1.82, 2.24) is 0 Å². The van der Waals surface area contributed by atoms with E-state index in [-0.39, 0.29) is 31.3 Å². The predicted octanol–water partition coefficient (Wildman–Crippen LogP) is 1.84. The molecule has 0 aromatic carbocycles. The third kappa shape index (κ3) is 22.5. The molecule has 0 rings (SSSR count). The maximum absolute atomic E-state index is 4.96. The summed E-state index contributed by atoms with van der Waals surface area (Å²) in [7, 11) is 1.69. The summed E-state index contributed by atoms with van der Waals surface area (Å²) in [4.78, 5) is 3.69. The second-order valence-electron chi connectivity index (χ2n) is 1.82. The van der Waals surface area contributed by atoms with Crippen LogP contribution in [0.15, 0.2) is 10.1 Å². The van der Waals surface area contributed by atoms with Gasteiger partial charge in [0.25, 0.3) is 0 Å². The predicted molar refractivity (Wildman–Crippen MR) is 54.3 cm³/mol. The molecule has 12 heavy (non-hydrogen) atoms. The van der Waals surface area contributed by atoms with Gasteiger partial charge in [0, 0.05) is 13.3 Å². The van der Waals surface area contributed by atoms with Crippen molar-refractivity contribution in [3.05, 3.63) is 14.9 Å². The molecular formula is C7H17AlN2NiO. The van der Waals surface area contributed by atoms with E-state index in [1.807, 2.05) is 0 Å². The van der Waals surface area contributed by atoms with Crippen molar-refractivity contribution in [3.63, 3.8) is 0 Å². The first-order valence-electron chi connectivity index (χ1n) is 2.87. The van der Waals surface area contributed by atoms with Crippen LogP contribution in [0.2, 0.25) is 11.6 Å². The van der Waals surface area contributed by atoms with Crippen molar-refractivity contribution in [2.45, 2.75) is 11.6 Å². The minimum absolute atomic E-state index is 0. The van der Waals surface area contributed by atoms with Crippen molar-refractivity contribution in [2.75, 3.05) is 7.05 Å². The van der Waals surface area contributed by atoms with E-state index in [1.165, 1.54) is 0 Å². The van der Waals surface area contributed by atoms with Crippen LogP contribution in [0.5, 0.6) is 0 Å². The average Bonchev–Trinajstić information content (AvgIpc) is 1.80. The first-order valence-corrected chi connectivity index (χ1v) is 5.65. The molecule has 0 spiro atoms. The molecule has 5 heteroatoms. The molecule has 0 amide bonds. The Hall–Kier alpha value is 0.166. The molecule has 0 aliphatic carbocycles. The number of hydrogen-bond donors (Lipinski definition) is 0. The SMILES string of the molecule is CN=C/C=N/[O][Al]([CH3])[CH3].[CH3-].[CH3-].[Ni+2]. The molecule has 0 unspecified atom stereocenters. The molecule has 0 heterocycles. The molecule has 0 aliphatic rings. The zero-order valence-corrected chi connectivity index (χ0v) is 10.5. The second kappa shape index (κ2) is 17.3. The number of aliphatic imine (C=N–C) groups is 1. The Morgan fingerprint density at radius 2 is 1.67 bits per heavy atom. The molecule has 0 N–H and O–H groups in total. The van der Waals surface area contributed by atoms with E-state index in [1.54, 1.807) is 19.5 Å². The Balaban J connectivity index is -0.000000107. The Morgan fingerprint density at radius 1 is 1.17 bits per heavy atom. The smallest absolute Gasteiger partial charge is 0.545 e. The molecular weight excluding hydrogens is 214 g/mol. The number of rotatable bonds is 3. The van der Waals surface area contributed by atoms with Gasteiger partial charge in [0.15, 0.2) is 0 Å². The molecule has 0 bridgehead atoms. The van der Waals surface area contributed by atoms with Gasteiger partial charge >= 0.3 is 31.0 Å². The summed E-state index contributed by atoms with van der Waals surface area (Å²) in [5.74, 6) is 4.11. The van der Waals surface area contributed by atoms with E-state index in [2.05, 4.69) is 21.7 Å². The summed E-state index contributed by atoms with van der Waals surface area (Å²) < 4.78 is 4.96. The summed E-state index contributed by atoms with van der Waals surface area (Å²) in [5, 5.41) is 3.65. The van der Waals surface area contributed by atoms with Crippen LogP contribution < -0.4 is 0 Å². The van der Waals surface area contributed by atoms with Crippen LogP contribution in [0.4, 0.5) is 0 Å². The van der Waals surface area contributed by atoms with Crippen LogP contribution in [0.3, 0.4) is 0 Å². The summed E-state index contributed by atoms with van der Waals surface area (Å²) in [6.45, 7) is 0. The molecule has 0 aliphatic heterocycles. The van der Waals surface area contributed by atoms with E-state index in [4.69, 9.17) is 3.89 Å². The zero-order chi connectivity index (χ0) is 7.11. The molecule has 0 atom stereocenters. The van der Waals surface area contributed by atoms with Gasteiger partial charge in [0.2, 0.25) is 0 Å². The summed E-state index contributed by atoms with van der Waals surface area (Å²) >= 11 is -0.973. The monoisotopic (exact) mass is 230 g/mol. The van der Waals surface area contributed by atoms with Crippen LogP contribution in [-0.4, -0.2) is 34.0 Å². The van der Waals surface area contributed by atoms with E-state index < -0.39 is 14.5 Å². The van der Waals surface area contributed by atoms with Crippen LogP contribution in [0.25, 0.3) is 0 Å². The molecule has 0 aromatic rings. The summed E-state index contributed by atoms with van der Waals surface area (Å²) in [6.07, 6.45) is 3.14. The van der Waals surface area contributed by atoms with Gasteiger partial charge in [-0.1, -0.05) is 11.6 Å². The van der Waals surface area contributed by atoms with Gasteiger partial charge < -0.3 is 18.7 Å². The van der Waals surface area contributed by atoms with Gasteiger partial charge in [0.05, 0.1) is 6.21 Å². The van der Waals surface area contributed by atoms with Gasteiger partial charge in [-0.2, -0.15) is 0 Å². The first-order chi connectivity index (χ1) is 4.27. The zero-order valence-electron chi connectivity index (χ0n) is 8.35. The third-order valence-electron chi connectivity index (χ3n) is 0.548. The molecule has 0 aromatic heterocycles. The Morgan fingerprint density at radius 3 is 2.00 bits per heavy atom. The molecule has 74 valence electrons. The minimum atomic E-state index is -0.973. The molecule has 3 nitrogen and oxygen atoms in total. The summed E-state index contributed by atoms with van der Waals surface area (Å²) in [6, 6.07) is 0. The van der Waals surface area contributed by atoms with Crippen molar-refractivity contribution in [2.24, 2.45) is 10.1 Å². The Bertz CT molecular complexity index is 118. The standard InChI is InChI=1S/C3H6N2O.4CH3.Al.Ni/c1-4-2-3-5-6;;;;;;/h2-3,6H,1H3;4*1H3;;/q;;;2*-1;+1;+2/p-1/b4-2?,5-3+;;;;;;. The maximum atomic E-state index is 4.96. The van der Waals surface area contributed by atoms with Gasteiger partial charge in [-0.3, -0.25) is 4.99 Å². The number of oxime groups is 1. The maximum Gasteiger partial charge on any atom is 2.00 e. The number of nitrogens with zero attached hydrogens (tertiary/aromatic N) is 2. The normalized spacial score (nSPS) is 8.25. The summed E-state index contributed by atoms with van der Waals surface area (Å²) in [5.41, 5.74) is 0. The Kier molecular flexibility index (Phi) is 32.8. The van der Waals surface area contributed by atoms with Crippen LogP contribution in [0, 0.1) is 14.9 Å².